The van der Waals surface area contributed by atoms with Crippen molar-refractivity contribution in [3.63, 3.8) is 0 Å². The van der Waals surface area contributed by atoms with Crippen molar-refractivity contribution in [3.05, 3.63) is 42.0 Å². The van der Waals surface area contributed by atoms with Crippen molar-refractivity contribution in [2.75, 3.05) is 7.11 Å². The minimum absolute atomic E-state index is 0.443. The Bertz CT molecular complexity index is 475. The van der Waals surface area contributed by atoms with Gasteiger partial charge in [0.2, 0.25) is 0 Å². The minimum Gasteiger partial charge on any atom is -0.497 e. The van der Waals surface area contributed by atoms with E-state index < -0.39 is 6.10 Å². The summed E-state index contributed by atoms with van der Waals surface area (Å²) < 4.78 is 5.16. The molecular weight excluding hydrogens is 188 g/mol. The predicted octanol–water partition coefficient (Wildman–Crippen LogP) is 2.90. The van der Waals surface area contributed by atoms with Gasteiger partial charge in [0, 0.05) is 0 Å². The van der Waals surface area contributed by atoms with Gasteiger partial charge in [0.25, 0.3) is 0 Å². The third-order valence-corrected chi connectivity index (χ3v) is 2.57. The second-order valence-corrected chi connectivity index (χ2v) is 3.61. The Kier molecular flexibility index (Phi) is 2.60. The largest absolute Gasteiger partial charge is 0.497 e. The summed E-state index contributed by atoms with van der Waals surface area (Å²) in [7, 11) is 1.65. The maximum atomic E-state index is 9.62. The van der Waals surface area contributed by atoms with Gasteiger partial charge in [0.15, 0.2) is 0 Å². The van der Waals surface area contributed by atoms with Gasteiger partial charge in [-0.1, -0.05) is 24.3 Å². The molecule has 0 unspecified atom stereocenters. The minimum atomic E-state index is -0.443. The van der Waals surface area contributed by atoms with Crippen molar-refractivity contribution in [2.24, 2.45) is 0 Å². The lowest BCUT2D eigenvalue weighted by atomic mass is 10.0. The van der Waals surface area contributed by atoms with Crippen LogP contribution in [0.4, 0.5) is 0 Å². The quantitative estimate of drug-likeness (QED) is 0.811. The van der Waals surface area contributed by atoms with Crippen LogP contribution >= 0.6 is 0 Å². The maximum absolute atomic E-state index is 9.62. The van der Waals surface area contributed by atoms with Crippen molar-refractivity contribution in [1.82, 2.24) is 0 Å². The van der Waals surface area contributed by atoms with Gasteiger partial charge < -0.3 is 9.84 Å². The van der Waals surface area contributed by atoms with Crippen molar-refractivity contribution in [2.45, 2.75) is 13.0 Å². The number of benzene rings is 2. The second kappa shape index (κ2) is 3.91. The van der Waals surface area contributed by atoms with Gasteiger partial charge in [-0.2, -0.15) is 0 Å². The average Bonchev–Trinajstić information content (AvgIpc) is 2.27. The van der Waals surface area contributed by atoms with Crippen molar-refractivity contribution < 1.29 is 9.84 Å². The van der Waals surface area contributed by atoms with E-state index in [-0.39, 0.29) is 0 Å². The van der Waals surface area contributed by atoms with Crippen LogP contribution in [0.5, 0.6) is 5.75 Å². The Hall–Kier alpha value is -1.54. The molecule has 0 spiro atoms. The summed E-state index contributed by atoms with van der Waals surface area (Å²) in [6.07, 6.45) is -0.443. The summed E-state index contributed by atoms with van der Waals surface area (Å²) in [6.45, 7) is 1.78. The zero-order chi connectivity index (χ0) is 10.8. The van der Waals surface area contributed by atoms with E-state index in [1.165, 1.54) is 0 Å². The molecule has 2 aromatic carbocycles. The third-order valence-electron chi connectivity index (χ3n) is 2.57. The van der Waals surface area contributed by atoms with Crippen molar-refractivity contribution >= 4 is 10.8 Å². The zero-order valence-corrected chi connectivity index (χ0v) is 8.90. The molecule has 2 rings (SSSR count). The molecule has 0 radical (unpaired) electrons. The lowest BCUT2D eigenvalue weighted by molar-refractivity contribution is 0.201. The monoisotopic (exact) mass is 202 g/mol. The average molecular weight is 202 g/mol. The van der Waals surface area contributed by atoms with Crippen LogP contribution in [0.3, 0.4) is 0 Å². The van der Waals surface area contributed by atoms with Crippen LogP contribution in [0.2, 0.25) is 0 Å². The molecule has 2 aromatic rings. The Balaban J connectivity index is 2.67. The van der Waals surface area contributed by atoms with Gasteiger partial charge in [0.1, 0.15) is 5.75 Å². The smallest absolute Gasteiger partial charge is 0.119 e. The highest BCUT2D eigenvalue weighted by atomic mass is 16.5. The molecule has 0 saturated carbocycles. The first-order chi connectivity index (χ1) is 7.22. The number of aliphatic hydroxyl groups excluding tert-OH is 1. The molecule has 78 valence electrons. The van der Waals surface area contributed by atoms with Crippen LogP contribution in [-0.2, 0) is 0 Å². The predicted molar refractivity (Wildman–Crippen MR) is 61.1 cm³/mol. The molecule has 0 aromatic heterocycles. The van der Waals surface area contributed by atoms with Crippen LogP contribution < -0.4 is 4.74 Å². The third kappa shape index (κ3) is 1.81. The first-order valence-electron chi connectivity index (χ1n) is 4.97. The number of rotatable bonds is 2. The van der Waals surface area contributed by atoms with E-state index in [4.69, 9.17) is 4.74 Å². The van der Waals surface area contributed by atoms with Gasteiger partial charge in [-0.15, -0.1) is 0 Å². The molecule has 1 atom stereocenters. The normalized spacial score (nSPS) is 12.7. The number of ether oxygens (including phenoxy) is 1. The van der Waals surface area contributed by atoms with Crippen LogP contribution in [0.25, 0.3) is 10.8 Å². The molecule has 0 aliphatic heterocycles. The second-order valence-electron chi connectivity index (χ2n) is 3.61. The molecule has 1 N–H and O–H groups in total. The van der Waals surface area contributed by atoms with Crippen LogP contribution in [-0.4, -0.2) is 12.2 Å². The van der Waals surface area contributed by atoms with E-state index in [1.807, 2.05) is 36.4 Å². The number of fused-ring (bicyclic) bond motifs is 1. The van der Waals surface area contributed by atoms with Crippen molar-refractivity contribution in [3.8, 4) is 5.75 Å². The molecule has 0 aliphatic carbocycles. The van der Waals surface area contributed by atoms with Gasteiger partial charge >= 0.3 is 0 Å². The van der Waals surface area contributed by atoms with E-state index >= 15 is 0 Å². The Labute approximate surface area is 89.1 Å². The molecule has 0 saturated heterocycles. The van der Waals surface area contributed by atoms with Crippen LogP contribution in [0.1, 0.15) is 18.6 Å². The lowest BCUT2D eigenvalue weighted by Crippen LogP contribution is -1.92. The topological polar surface area (TPSA) is 29.5 Å². The molecule has 2 heteroatoms. The first kappa shape index (κ1) is 9.99. The van der Waals surface area contributed by atoms with E-state index in [9.17, 15) is 5.11 Å². The summed E-state index contributed by atoms with van der Waals surface area (Å²) in [4.78, 5) is 0. The maximum Gasteiger partial charge on any atom is 0.119 e. The first-order valence-corrected chi connectivity index (χ1v) is 4.97. The number of methoxy groups -OCH3 is 1. The van der Waals surface area contributed by atoms with Gasteiger partial charge in [-0.3, -0.25) is 0 Å². The van der Waals surface area contributed by atoms with Gasteiger partial charge in [-0.05, 0) is 35.4 Å². The summed E-state index contributed by atoms with van der Waals surface area (Å²) >= 11 is 0. The standard InChI is InChI=1S/C13H14O2/c1-9(14)12-5-3-4-10-8-11(15-2)6-7-13(10)12/h3-9,14H,1-2H3/t9-/m0/s1. The van der Waals surface area contributed by atoms with Gasteiger partial charge in [0.05, 0.1) is 13.2 Å². The Morgan fingerprint density at radius 2 is 2.00 bits per heavy atom. The lowest BCUT2D eigenvalue weighted by Gasteiger charge is -2.09. The Morgan fingerprint density at radius 3 is 2.67 bits per heavy atom. The highest BCUT2D eigenvalue weighted by molar-refractivity contribution is 5.87. The molecular formula is C13H14O2. The van der Waals surface area contributed by atoms with E-state index in [0.29, 0.717) is 0 Å². The molecule has 0 heterocycles. The van der Waals surface area contributed by atoms with Crippen LogP contribution in [0.15, 0.2) is 36.4 Å². The molecule has 0 amide bonds. The molecule has 0 fully saturated rings. The number of hydrogen-bond acceptors (Lipinski definition) is 2. The van der Waals surface area contributed by atoms with E-state index in [1.54, 1.807) is 14.0 Å². The summed E-state index contributed by atoms with van der Waals surface area (Å²) in [5.41, 5.74) is 0.954. The molecule has 2 nitrogen and oxygen atoms in total. The molecule has 0 bridgehead atoms. The SMILES string of the molecule is COc1ccc2c([C@H](C)O)cccc2c1. The zero-order valence-electron chi connectivity index (χ0n) is 8.90. The Morgan fingerprint density at radius 1 is 1.20 bits per heavy atom. The molecule has 0 aliphatic rings. The van der Waals surface area contributed by atoms with Crippen molar-refractivity contribution in [1.29, 1.82) is 0 Å². The summed E-state index contributed by atoms with van der Waals surface area (Å²) in [6, 6.07) is 11.8. The fourth-order valence-corrected chi connectivity index (χ4v) is 1.78. The van der Waals surface area contributed by atoms with Crippen LogP contribution in [0, 0.1) is 0 Å². The van der Waals surface area contributed by atoms with E-state index in [2.05, 4.69) is 0 Å². The summed E-state index contributed by atoms with van der Waals surface area (Å²) in [5.74, 6) is 0.838. The van der Waals surface area contributed by atoms with Gasteiger partial charge in [-0.25, -0.2) is 0 Å². The fourth-order valence-electron chi connectivity index (χ4n) is 1.78. The highest BCUT2D eigenvalue weighted by Crippen LogP contribution is 2.27. The molecule has 15 heavy (non-hydrogen) atoms. The summed E-state index contributed by atoms with van der Waals surface area (Å²) in [5, 5.41) is 11.8. The number of aliphatic hydroxyl groups is 1. The fraction of sp³-hybridized carbons (Fsp3) is 0.231. The highest BCUT2D eigenvalue weighted by Gasteiger charge is 2.06. The number of hydrogen-bond donors (Lipinski definition) is 1. The van der Waals surface area contributed by atoms with E-state index in [0.717, 1.165) is 22.1 Å².